The number of hydrogen-bond acceptors (Lipinski definition) is 4. The fourth-order valence-electron chi connectivity index (χ4n) is 1.08. The van der Waals surface area contributed by atoms with Crippen molar-refractivity contribution in [1.82, 2.24) is 4.98 Å². The molecule has 1 aromatic heterocycles. The van der Waals surface area contributed by atoms with Crippen LogP contribution >= 0.6 is 15.9 Å². The topological polar surface area (TPSA) is 71.2 Å². The van der Waals surface area contributed by atoms with Crippen LogP contribution in [-0.4, -0.2) is 22.7 Å². The molecule has 0 saturated carbocycles. The van der Waals surface area contributed by atoms with E-state index >= 15 is 0 Å². The summed E-state index contributed by atoms with van der Waals surface area (Å²) >= 11 is 3.35. The number of nitrogen functional groups attached to an aromatic ring is 1. The van der Waals surface area contributed by atoms with Gasteiger partial charge >= 0.3 is 0 Å². The maximum atomic E-state index is 9.03. The van der Waals surface area contributed by atoms with Gasteiger partial charge in [0.05, 0.1) is 28.7 Å². The molecule has 0 spiro atoms. The van der Waals surface area contributed by atoms with Gasteiger partial charge in [-0.2, -0.15) is 0 Å². The Hall–Kier alpha value is -0.810. The molecule has 0 saturated heterocycles. The van der Waals surface area contributed by atoms with Gasteiger partial charge in [0.25, 0.3) is 0 Å². The smallest absolute Gasteiger partial charge is 0.0752 e. The van der Waals surface area contributed by atoms with Crippen LogP contribution in [0.1, 0.15) is 13.3 Å². The Balaban J connectivity index is 2.84. The van der Waals surface area contributed by atoms with Crippen LogP contribution in [0, 0.1) is 0 Å². The zero-order valence-corrected chi connectivity index (χ0v) is 9.58. The third-order valence-corrected chi connectivity index (χ3v) is 2.59. The second kappa shape index (κ2) is 5.17. The lowest BCUT2D eigenvalue weighted by Crippen LogP contribution is -2.23. The summed E-state index contributed by atoms with van der Waals surface area (Å²) in [7, 11) is 0. The van der Waals surface area contributed by atoms with Crippen LogP contribution in [0.4, 0.5) is 11.4 Å². The van der Waals surface area contributed by atoms with E-state index in [4.69, 9.17) is 10.8 Å². The molecule has 0 aliphatic carbocycles. The van der Waals surface area contributed by atoms with Crippen molar-refractivity contribution >= 4 is 27.3 Å². The number of nitrogens with zero attached hydrogens (tertiary/aromatic N) is 1. The molecule has 4 nitrogen and oxygen atoms in total. The van der Waals surface area contributed by atoms with Crippen LogP contribution in [0.3, 0.4) is 0 Å². The standard InChI is InChI=1S/C9H14BrN3O/c1-2-6(5-14)13-9-7(10)3-12-4-8(9)11/h3-4,6,14H,2,5,11H2,1H3,(H,12,13). The van der Waals surface area contributed by atoms with Gasteiger partial charge in [-0.1, -0.05) is 6.92 Å². The first-order chi connectivity index (χ1) is 6.69. The van der Waals surface area contributed by atoms with E-state index in [2.05, 4.69) is 26.2 Å². The number of halogens is 1. The maximum absolute atomic E-state index is 9.03. The lowest BCUT2D eigenvalue weighted by molar-refractivity contribution is 0.272. The summed E-state index contributed by atoms with van der Waals surface area (Å²) in [5.74, 6) is 0. The predicted octanol–water partition coefficient (Wildman–Crippen LogP) is 1.61. The second-order valence-corrected chi connectivity index (χ2v) is 3.87. The van der Waals surface area contributed by atoms with Crippen LogP contribution in [0.5, 0.6) is 0 Å². The predicted molar refractivity (Wildman–Crippen MR) is 61.1 cm³/mol. The van der Waals surface area contributed by atoms with Crippen molar-refractivity contribution in [2.24, 2.45) is 0 Å². The van der Waals surface area contributed by atoms with Crippen LogP contribution in [0.25, 0.3) is 0 Å². The van der Waals surface area contributed by atoms with Crippen LogP contribution < -0.4 is 11.1 Å². The normalized spacial score (nSPS) is 12.5. The first-order valence-corrected chi connectivity index (χ1v) is 5.24. The van der Waals surface area contributed by atoms with E-state index in [1.807, 2.05) is 6.92 Å². The SMILES string of the molecule is CCC(CO)Nc1c(N)cncc1Br. The highest BCUT2D eigenvalue weighted by molar-refractivity contribution is 9.10. The first kappa shape index (κ1) is 11.3. The van der Waals surface area contributed by atoms with E-state index in [-0.39, 0.29) is 12.6 Å². The Morgan fingerprint density at radius 1 is 1.64 bits per heavy atom. The molecule has 1 aromatic rings. The number of nitrogens with one attached hydrogen (secondary N) is 1. The third-order valence-electron chi connectivity index (χ3n) is 1.99. The molecule has 0 aliphatic heterocycles. The van der Waals surface area contributed by atoms with Crippen molar-refractivity contribution < 1.29 is 5.11 Å². The van der Waals surface area contributed by atoms with Gasteiger partial charge in [0.15, 0.2) is 0 Å². The van der Waals surface area contributed by atoms with Crippen molar-refractivity contribution in [2.45, 2.75) is 19.4 Å². The molecule has 0 aliphatic rings. The van der Waals surface area contributed by atoms with E-state index in [1.54, 1.807) is 12.4 Å². The molecular formula is C9H14BrN3O. The number of anilines is 2. The summed E-state index contributed by atoms with van der Waals surface area (Å²) in [6.45, 7) is 2.09. The molecule has 0 fully saturated rings. The molecule has 4 N–H and O–H groups in total. The van der Waals surface area contributed by atoms with E-state index in [9.17, 15) is 0 Å². The zero-order chi connectivity index (χ0) is 10.6. The Kier molecular flexibility index (Phi) is 4.16. The molecule has 1 heterocycles. The number of pyridine rings is 1. The molecule has 1 unspecified atom stereocenters. The minimum atomic E-state index is 0.0241. The summed E-state index contributed by atoms with van der Waals surface area (Å²) < 4.78 is 0.810. The van der Waals surface area contributed by atoms with E-state index in [0.717, 1.165) is 16.6 Å². The Morgan fingerprint density at radius 3 is 2.86 bits per heavy atom. The molecule has 0 amide bonds. The Labute approximate surface area is 91.7 Å². The van der Waals surface area contributed by atoms with Gasteiger partial charge in [-0.25, -0.2) is 0 Å². The van der Waals surface area contributed by atoms with Gasteiger partial charge in [-0.3, -0.25) is 4.98 Å². The Bertz CT molecular complexity index is 282. The van der Waals surface area contributed by atoms with Crippen molar-refractivity contribution in [1.29, 1.82) is 0 Å². The van der Waals surface area contributed by atoms with Gasteiger partial charge in [0, 0.05) is 12.2 Å². The molecule has 0 bridgehead atoms. The Morgan fingerprint density at radius 2 is 2.36 bits per heavy atom. The molecule has 1 rings (SSSR count). The van der Waals surface area contributed by atoms with E-state index < -0.39 is 0 Å². The molecule has 14 heavy (non-hydrogen) atoms. The highest BCUT2D eigenvalue weighted by atomic mass is 79.9. The average Bonchev–Trinajstić information content (AvgIpc) is 2.18. The summed E-state index contributed by atoms with van der Waals surface area (Å²) in [4.78, 5) is 3.93. The summed E-state index contributed by atoms with van der Waals surface area (Å²) in [5, 5.41) is 12.2. The largest absolute Gasteiger partial charge is 0.396 e. The van der Waals surface area contributed by atoms with Crippen molar-refractivity contribution in [2.75, 3.05) is 17.7 Å². The van der Waals surface area contributed by atoms with Crippen LogP contribution in [0.15, 0.2) is 16.9 Å². The number of aliphatic hydroxyl groups excluding tert-OH is 1. The highest BCUT2D eigenvalue weighted by Gasteiger charge is 2.09. The molecule has 78 valence electrons. The fraction of sp³-hybridized carbons (Fsp3) is 0.444. The van der Waals surface area contributed by atoms with E-state index in [0.29, 0.717) is 5.69 Å². The molecule has 5 heteroatoms. The summed E-state index contributed by atoms with van der Waals surface area (Å²) in [5.41, 5.74) is 7.11. The lowest BCUT2D eigenvalue weighted by atomic mass is 10.2. The van der Waals surface area contributed by atoms with Gasteiger partial charge in [0.2, 0.25) is 0 Å². The molecule has 0 aromatic carbocycles. The zero-order valence-electron chi connectivity index (χ0n) is 8.00. The molecule has 1 atom stereocenters. The quantitative estimate of drug-likeness (QED) is 0.769. The fourth-order valence-corrected chi connectivity index (χ4v) is 1.54. The van der Waals surface area contributed by atoms with Crippen molar-refractivity contribution in [3.63, 3.8) is 0 Å². The number of aromatic nitrogens is 1. The lowest BCUT2D eigenvalue weighted by Gasteiger charge is -2.17. The number of nitrogens with two attached hydrogens (primary N) is 1. The van der Waals surface area contributed by atoms with Gasteiger partial charge in [0.1, 0.15) is 0 Å². The minimum absolute atomic E-state index is 0.0241. The number of aliphatic hydroxyl groups is 1. The maximum Gasteiger partial charge on any atom is 0.0752 e. The monoisotopic (exact) mass is 259 g/mol. The third kappa shape index (κ3) is 2.59. The van der Waals surface area contributed by atoms with Crippen LogP contribution in [0.2, 0.25) is 0 Å². The van der Waals surface area contributed by atoms with Gasteiger partial charge in [-0.15, -0.1) is 0 Å². The van der Waals surface area contributed by atoms with Crippen LogP contribution in [-0.2, 0) is 0 Å². The van der Waals surface area contributed by atoms with Gasteiger partial charge in [-0.05, 0) is 22.4 Å². The minimum Gasteiger partial charge on any atom is -0.396 e. The molecular weight excluding hydrogens is 246 g/mol. The number of hydrogen-bond donors (Lipinski definition) is 3. The summed E-state index contributed by atoms with van der Waals surface area (Å²) in [6, 6.07) is 0.0241. The molecule has 0 radical (unpaired) electrons. The average molecular weight is 260 g/mol. The van der Waals surface area contributed by atoms with E-state index in [1.165, 1.54) is 0 Å². The van der Waals surface area contributed by atoms with Gasteiger partial charge < -0.3 is 16.2 Å². The second-order valence-electron chi connectivity index (χ2n) is 3.02. The first-order valence-electron chi connectivity index (χ1n) is 4.45. The van der Waals surface area contributed by atoms with Crippen molar-refractivity contribution in [3.8, 4) is 0 Å². The highest BCUT2D eigenvalue weighted by Crippen LogP contribution is 2.27. The number of rotatable bonds is 4. The van der Waals surface area contributed by atoms with Crippen molar-refractivity contribution in [3.05, 3.63) is 16.9 Å². The summed E-state index contributed by atoms with van der Waals surface area (Å²) in [6.07, 6.45) is 4.09.